The molecule has 40 heavy (non-hydrogen) atoms. The first kappa shape index (κ1) is 29.4. The Morgan fingerprint density at radius 3 is 1.95 bits per heavy atom. The Balaban J connectivity index is 1.60. The van der Waals surface area contributed by atoms with Crippen molar-refractivity contribution >= 4 is 31.3 Å². The highest BCUT2D eigenvalue weighted by Gasteiger charge is 2.67. The van der Waals surface area contributed by atoms with Gasteiger partial charge in [-0.15, -0.1) is 0 Å². The summed E-state index contributed by atoms with van der Waals surface area (Å²) in [6, 6.07) is 21.6. The topological polar surface area (TPSA) is 55.9 Å². The molecule has 4 nitrogen and oxygen atoms in total. The Hall–Kier alpha value is -2.08. The minimum Gasteiger partial charge on any atom is -0.404 e. The maximum Gasteiger partial charge on any atom is 0.261 e. The van der Waals surface area contributed by atoms with Crippen molar-refractivity contribution < 1.29 is 18.8 Å². The van der Waals surface area contributed by atoms with Crippen LogP contribution >= 0.6 is 0 Å². The molecule has 0 aromatic heterocycles. The molecule has 2 aliphatic carbocycles. The first-order valence-electron chi connectivity index (χ1n) is 15.3. The van der Waals surface area contributed by atoms with Gasteiger partial charge in [-0.2, -0.15) is 0 Å². The van der Waals surface area contributed by atoms with Gasteiger partial charge in [0.05, 0.1) is 11.7 Å². The van der Waals surface area contributed by atoms with Crippen molar-refractivity contribution in [1.82, 2.24) is 0 Å². The quantitative estimate of drug-likeness (QED) is 0.213. The summed E-state index contributed by atoms with van der Waals surface area (Å²) in [6.07, 6.45) is 5.18. The Morgan fingerprint density at radius 1 is 0.900 bits per heavy atom. The van der Waals surface area contributed by atoms with Gasteiger partial charge in [0.15, 0.2) is 0 Å². The third-order valence-corrected chi connectivity index (χ3v) is 15.7. The summed E-state index contributed by atoms with van der Waals surface area (Å²) >= 11 is 0. The summed E-state index contributed by atoms with van der Waals surface area (Å²) in [5, 5.41) is 2.44. The van der Waals surface area contributed by atoms with Crippen molar-refractivity contribution in [3.8, 4) is 0 Å². The molecule has 216 valence electrons. The second-order valence-corrected chi connectivity index (χ2v) is 18.7. The zero-order valence-electron chi connectivity index (χ0n) is 25.4. The third-order valence-electron chi connectivity index (χ3n) is 10.6. The Morgan fingerprint density at radius 2 is 1.48 bits per heavy atom. The summed E-state index contributed by atoms with van der Waals surface area (Å²) in [7, 11) is -2.76. The largest absolute Gasteiger partial charge is 0.404 e. The number of ether oxygens (including phenoxy) is 1. The standard InChI is InChI=1S/C35H48O4Si/c1-23(2)31(22-37)30-20-35(7)33(38-35)32-28(24(3)21-36)18-25(19-29(30)32)39-40(34(4,5)6,26-14-10-8-11-15-26)27-16-12-9-13-17-27/h8-17,21-25,28-33H,18-20H2,1-7H3/t24-,25+,28-,29+,30+,31+,32+,33-,35+/m0/s1. The van der Waals surface area contributed by atoms with E-state index in [1.54, 1.807) is 0 Å². The minimum atomic E-state index is -2.76. The zero-order valence-corrected chi connectivity index (χ0v) is 26.4. The number of hydrogen-bond acceptors (Lipinski definition) is 4. The Labute approximate surface area is 242 Å². The van der Waals surface area contributed by atoms with E-state index in [4.69, 9.17) is 9.16 Å². The lowest BCUT2D eigenvalue weighted by atomic mass is 9.54. The van der Waals surface area contributed by atoms with Gasteiger partial charge >= 0.3 is 0 Å². The van der Waals surface area contributed by atoms with Crippen LogP contribution in [0.3, 0.4) is 0 Å². The number of fused-ring (bicyclic) bond motifs is 3. The monoisotopic (exact) mass is 560 g/mol. The highest BCUT2D eigenvalue weighted by atomic mass is 28.4. The molecule has 5 heteroatoms. The minimum absolute atomic E-state index is 0.00465. The maximum absolute atomic E-state index is 12.5. The van der Waals surface area contributed by atoms with E-state index >= 15 is 0 Å². The molecule has 0 bridgehead atoms. The van der Waals surface area contributed by atoms with Crippen LogP contribution in [0.2, 0.25) is 5.04 Å². The molecule has 1 heterocycles. The molecule has 9 atom stereocenters. The predicted molar refractivity (Wildman–Crippen MR) is 163 cm³/mol. The average Bonchev–Trinajstić information content (AvgIpc) is 3.62. The van der Waals surface area contributed by atoms with E-state index in [-0.39, 0.29) is 58.4 Å². The lowest BCUT2D eigenvalue weighted by molar-refractivity contribution is -0.121. The molecule has 2 aromatic rings. The van der Waals surface area contributed by atoms with E-state index in [9.17, 15) is 9.59 Å². The number of rotatable bonds is 9. The zero-order chi connectivity index (χ0) is 28.9. The molecule has 0 radical (unpaired) electrons. The first-order valence-corrected chi connectivity index (χ1v) is 17.2. The highest BCUT2D eigenvalue weighted by Crippen LogP contribution is 2.63. The molecule has 0 spiro atoms. The fourth-order valence-electron chi connectivity index (χ4n) is 8.65. The van der Waals surface area contributed by atoms with E-state index in [2.05, 4.69) is 109 Å². The van der Waals surface area contributed by atoms with Crippen LogP contribution in [-0.2, 0) is 18.8 Å². The lowest BCUT2D eigenvalue weighted by Gasteiger charge is -2.53. The summed E-state index contributed by atoms with van der Waals surface area (Å²) in [5.41, 5.74) is -0.172. The Bertz CT molecular complexity index is 1140. The number of carbonyl (C=O) groups excluding carboxylic acids is 2. The number of carbonyl (C=O) groups is 2. The average molecular weight is 561 g/mol. The number of benzene rings is 2. The van der Waals surface area contributed by atoms with Crippen LogP contribution in [-0.4, -0.2) is 38.7 Å². The first-order chi connectivity index (χ1) is 19.0. The van der Waals surface area contributed by atoms with Crippen molar-refractivity contribution in [3.05, 3.63) is 60.7 Å². The predicted octanol–water partition coefficient (Wildman–Crippen LogP) is 6.06. The summed E-state index contributed by atoms with van der Waals surface area (Å²) in [5.74, 6) is 1.15. The van der Waals surface area contributed by atoms with Gasteiger partial charge in [0.25, 0.3) is 8.32 Å². The van der Waals surface area contributed by atoms with E-state index in [1.165, 1.54) is 16.7 Å². The summed E-state index contributed by atoms with van der Waals surface area (Å²) in [6.45, 7) is 15.6. The molecule has 2 aromatic carbocycles. The van der Waals surface area contributed by atoms with Crippen molar-refractivity contribution in [2.75, 3.05) is 0 Å². The molecular formula is C35H48O4Si. The molecule has 0 amide bonds. The van der Waals surface area contributed by atoms with Gasteiger partial charge in [0, 0.05) is 17.9 Å². The molecule has 5 rings (SSSR count). The highest BCUT2D eigenvalue weighted by molar-refractivity contribution is 6.99. The van der Waals surface area contributed by atoms with Gasteiger partial charge in [-0.3, -0.25) is 0 Å². The molecule has 1 saturated heterocycles. The summed E-state index contributed by atoms with van der Waals surface area (Å²) in [4.78, 5) is 24.8. The van der Waals surface area contributed by atoms with Crippen molar-refractivity contribution in [3.63, 3.8) is 0 Å². The van der Waals surface area contributed by atoms with E-state index in [1.807, 2.05) is 0 Å². The fourth-order valence-corrected chi connectivity index (χ4v) is 13.4. The second-order valence-electron chi connectivity index (χ2n) is 14.5. The lowest BCUT2D eigenvalue weighted by Crippen LogP contribution is -2.68. The van der Waals surface area contributed by atoms with Crippen molar-refractivity contribution in [2.24, 2.45) is 41.4 Å². The van der Waals surface area contributed by atoms with Gasteiger partial charge in [0.2, 0.25) is 0 Å². The molecular weight excluding hydrogens is 512 g/mol. The van der Waals surface area contributed by atoms with Crippen molar-refractivity contribution in [2.45, 2.75) is 90.6 Å². The van der Waals surface area contributed by atoms with Crippen LogP contribution in [0.25, 0.3) is 0 Å². The molecule has 3 aliphatic rings. The third kappa shape index (κ3) is 4.96. The molecule has 1 aliphatic heterocycles. The van der Waals surface area contributed by atoms with Gasteiger partial charge in [-0.25, -0.2) is 0 Å². The van der Waals surface area contributed by atoms with Crippen LogP contribution in [0.5, 0.6) is 0 Å². The van der Waals surface area contributed by atoms with Gasteiger partial charge in [0.1, 0.15) is 12.6 Å². The van der Waals surface area contributed by atoms with E-state index in [0.717, 1.165) is 25.5 Å². The number of epoxide rings is 1. The summed E-state index contributed by atoms with van der Waals surface area (Å²) < 4.78 is 14.1. The van der Waals surface area contributed by atoms with E-state index in [0.29, 0.717) is 5.92 Å². The second kappa shape index (κ2) is 11.0. The van der Waals surface area contributed by atoms with Crippen molar-refractivity contribution in [1.29, 1.82) is 0 Å². The van der Waals surface area contributed by atoms with Gasteiger partial charge in [-0.05, 0) is 71.2 Å². The van der Waals surface area contributed by atoms with Crippen LogP contribution in [0.4, 0.5) is 0 Å². The van der Waals surface area contributed by atoms with Crippen LogP contribution < -0.4 is 10.4 Å². The molecule has 3 fully saturated rings. The maximum atomic E-state index is 12.5. The fraction of sp³-hybridized carbons (Fsp3) is 0.600. The Kier molecular flexibility index (Phi) is 8.06. The van der Waals surface area contributed by atoms with Crippen LogP contribution in [0.1, 0.15) is 67.7 Å². The molecule has 0 unspecified atom stereocenters. The van der Waals surface area contributed by atoms with Gasteiger partial charge in [-0.1, -0.05) is 102 Å². The SMILES string of the molecule is CC(C)[C@@H](C=O)[C@@H]1C[C@@]2(C)O[C@H]2[C@H]2[C@@H]1C[C@H](O[Si](c1ccccc1)(c1ccccc1)C(C)(C)C)C[C@H]2[C@@H](C)C=O. The van der Waals surface area contributed by atoms with Gasteiger partial charge < -0.3 is 18.8 Å². The van der Waals surface area contributed by atoms with Crippen LogP contribution in [0, 0.1) is 41.4 Å². The molecule has 0 N–H and O–H groups in total. The smallest absolute Gasteiger partial charge is 0.261 e. The normalized spacial score (nSPS) is 33.4. The van der Waals surface area contributed by atoms with E-state index < -0.39 is 8.32 Å². The van der Waals surface area contributed by atoms with Crippen LogP contribution in [0.15, 0.2) is 60.7 Å². The number of aldehydes is 2. The number of hydrogen-bond donors (Lipinski definition) is 0. The molecule has 2 saturated carbocycles.